The summed E-state index contributed by atoms with van der Waals surface area (Å²) in [6.45, 7) is 2.14. The first-order valence-corrected chi connectivity index (χ1v) is 12.5. The Morgan fingerprint density at radius 3 is 2.24 bits per heavy atom. The highest BCUT2D eigenvalue weighted by Gasteiger charge is 2.26. The first-order chi connectivity index (χ1) is 15.9. The number of ether oxygens (including phenoxy) is 1. The van der Waals surface area contributed by atoms with Gasteiger partial charge >= 0.3 is 0 Å². The Kier molecular flexibility index (Phi) is 8.67. The van der Waals surface area contributed by atoms with Gasteiger partial charge in [0.05, 0.1) is 19.4 Å². The van der Waals surface area contributed by atoms with E-state index < -0.39 is 10.0 Å². The van der Waals surface area contributed by atoms with Crippen molar-refractivity contribution in [2.24, 2.45) is 0 Å². The smallest absolute Gasteiger partial charge is 0.251 e. The summed E-state index contributed by atoms with van der Waals surface area (Å²) in [5, 5.41) is 5.19. The van der Waals surface area contributed by atoms with E-state index in [1.807, 2.05) is 24.3 Å². The normalized spacial score (nSPS) is 14.5. The van der Waals surface area contributed by atoms with Gasteiger partial charge in [-0.2, -0.15) is 4.31 Å². The molecule has 0 bridgehead atoms. The Morgan fingerprint density at radius 2 is 1.61 bits per heavy atom. The van der Waals surface area contributed by atoms with Crippen LogP contribution >= 0.6 is 0 Å². The number of benzene rings is 2. The SMILES string of the molecule is COc1ccc(N2CCN(S(=O)(=O)CCCNC(=O)CNC(=O)c3ccccc3)CC2)cc1. The number of sulfonamides is 1. The molecule has 1 aliphatic heterocycles. The fourth-order valence-corrected chi connectivity index (χ4v) is 5.03. The van der Waals surface area contributed by atoms with Crippen LogP contribution in [-0.4, -0.2) is 76.7 Å². The van der Waals surface area contributed by atoms with Gasteiger partial charge in [-0.3, -0.25) is 9.59 Å². The molecule has 9 nitrogen and oxygen atoms in total. The van der Waals surface area contributed by atoms with Gasteiger partial charge in [0.1, 0.15) is 5.75 Å². The molecular weight excluding hydrogens is 444 g/mol. The van der Waals surface area contributed by atoms with Gasteiger partial charge in [0.25, 0.3) is 5.91 Å². The molecule has 178 valence electrons. The van der Waals surface area contributed by atoms with E-state index >= 15 is 0 Å². The van der Waals surface area contributed by atoms with Crippen LogP contribution in [0.25, 0.3) is 0 Å². The Balaban J connectivity index is 1.34. The largest absolute Gasteiger partial charge is 0.497 e. The van der Waals surface area contributed by atoms with E-state index in [2.05, 4.69) is 15.5 Å². The highest BCUT2D eigenvalue weighted by molar-refractivity contribution is 7.89. The van der Waals surface area contributed by atoms with Crippen molar-refractivity contribution in [3.8, 4) is 5.75 Å². The molecule has 10 heteroatoms. The lowest BCUT2D eigenvalue weighted by molar-refractivity contribution is -0.120. The number of carbonyl (C=O) groups is 2. The van der Waals surface area contributed by atoms with E-state index in [1.54, 1.807) is 37.4 Å². The zero-order valence-electron chi connectivity index (χ0n) is 18.7. The molecule has 0 unspecified atom stereocenters. The molecule has 33 heavy (non-hydrogen) atoms. The third-order valence-corrected chi connectivity index (χ3v) is 7.37. The molecule has 2 amide bonds. The van der Waals surface area contributed by atoms with Crippen molar-refractivity contribution < 1.29 is 22.7 Å². The van der Waals surface area contributed by atoms with Crippen LogP contribution in [0.2, 0.25) is 0 Å². The van der Waals surface area contributed by atoms with Crippen LogP contribution in [-0.2, 0) is 14.8 Å². The van der Waals surface area contributed by atoms with Gasteiger partial charge < -0.3 is 20.3 Å². The first kappa shape index (κ1) is 24.5. The van der Waals surface area contributed by atoms with Crippen molar-refractivity contribution in [3.63, 3.8) is 0 Å². The minimum absolute atomic E-state index is 0.0355. The molecule has 0 aliphatic carbocycles. The zero-order chi connectivity index (χ0) is 23.7. The summed E-state index contributed by atoms with van der Waals surface area (Å²) in [5.41, 5.74) is 1.51. The van der Waals surface area contributed by atoms with E-state index in [1.165, 1.54) is 4.31 Å². The van der Waals surface area contributed by atoms with Crippen molar-refractivity contribution >= 4 is 27.5 Å². The lowest BCUT2D eigenvalue weighted by Gasteiger charge is -2.35. The van der Waals surface area contributed by atoms with E-state index in [4.69, 9.17) is 4.74 Å². The second-order valence-corrected chi connectivity index (χ2v) is 9.74. The fraction of sp³-hybridized carbons (Fsp3) is 0.391. The third kappa shape index (κ3) is 7.19. The maximum atomic E-state index is 12.7. The molecule has 1 heterocycles. The third-order valence-electron chi connectivity index (χ3n) is 5.42. The van der Waals surface area contributed by atoms with E-state index in [0.29, 0.717) is 38.2 Å². The molecule has 2 aromatic rings. The van der Waals surface area contributed by atoms with Crippen molar-refractivity contribution in [1.82, 2.24) is 14.9 Å². The Bertz CT molecular complexity index is 1020. The Labute approximate surface area is 194 Å². The van der Waals surface area contributed by atoms with Gasteiger partial charge in [-0.05, 0) is 42.8 Å². The molecule has 1 fully saturated rings. The number of hydrogen-bond donors (Lipinski definition) is 2. The monoisotopic (exact) mass is 474 g/mol. The van der Waals surface area contributed by atoms with Gasteiger partial charge in [0, 0.05) is 44.0 Å². The number of nitrogens with zero attached hydrogens (tertiary/aromatic N) is 2. The summed E-state index contributed by atoms with van der Waals surface area (Å²) in [6.07, 6.45) is 0.305. The molecule has 0 saturated carbocycles. The van der Waals surface area contributed by atoms with Gasteiger partial charge in [0.2, 0.25) is 15.9 Å². The number of piperazine rings is 1. The lowest BCUT2D eigenvalue weighted by Crippen LogP contribution is -2.49. The number of hydrogen-bond acceptors (Lipinski definition) is 6. The fourth-order valence-electron chi connectivity index (χ4n) is 3.54. The number of methoxy groups -OCH3 is 1. The predicted octanol–water partition coefficient (Wildman–Crippen LogP) is 1.08. The van der Waals surface area contributed by atoms with Crippen LogP contribution in [0.3, 0.4) is 0 Å². The quantitative estimate of drug-likeness (QED) is 0.499. The van der Waals surface area contributed by atoms with Crippen molar-refractivity contribution in [2.45, 2.75) is 6.42 Å². The molecule has 2 aromatic carbocycles. The number of amides is 2. The topological polar surface area (TPSA) is 108 Å². The van der Waals surface area contributed by atoms with Crippen LogP contribution in [0.1, 0.15) is 16.8 Å². The highest BCUT2D eigenvalue weighted by Crippen LogP contribution is 2.21. The van der Waals surface area contributed by atoms with Crippen molar-refractivity contribution in [3.05, 3.63) is 60.2 Å². The average Bonchev–Trinajstić information content (AvgIpc) is 2.86. The molecule has 3 rings (SSSR count). The van der Waals surface area contributed by atoms with Crippen LogP contribution in [0.15, 0.2) is 54.6 Å². The summed E-state index contributed by atoms with van der Waals surface area (Å²) in [5.74, 6) is 0.0594. The van der Waals surface area contributed by atoms with Crippen molar-refractivity contribution in [2.75, 3.05) is 57.0 Å². The molecule has 0 spiro atoms. The second-order valence-electron chi connectivity index (χ2n) is 7.65. The molecule has 0 atom stereocenters. The van der Waals surface area contributed by atoms with Crippen LogP contribution in [0.4, 0.5) is 5.69 Å². The molecular formula is C23H30N4O5S. The molecule has 1 saturated heterocycles. The highest BCUT2D eigenvalue weighted by atomic mass is 32.2. The molecule has 0 aromatic heterocycles. The van der Waals surface area contributed by atoms with Crippen molar-refractivity contribution in [1.29, 1.82) is 0 Å². The van der Waals surface area contributed by atoms with Gasteiger partial charge in [-0.1, -0.05) is 18.2 Å². The summed E-state index contributed by atoms with van der Waals surface area (Å²) < 4.78 is 32.0. The van der Waals surface area contributed by atoms with Gasteiger partial charge in [-0.25, -0.2) is 8.42 Å². The lowest BCUT2D eigenvalue weighted by atomic mass is 10.2. The minimum atomic E-state index is -3.39. The van der Waals surface area contributed by atoms with Crippen LogP contribution < -0.4 is 20.3 Å². The standard InChI is InChI=1S/C23H30N4O5S/c1-32-21-10-8-20(9-11-21)26-13-15-27(16-14-26)33(30,31)17-5-12-24-22(28)18-25-23(29)19-6-3-2-4-7-19/h2-4,6-11H,5,12-18H2,1H3,(H,24,28)(H,25,29). The van der Waals surface area contributed by atoms with Crippen LogP contribution in [0, 0.1) is 0 Å². The number of anilines is 1. The minimum Gasteiger partial charge on any atom is -0.497 e. The summed E-state index contributed by atoms with van der Waals surface area (Å²) in [6, 6.07) is 16.3. The molecule has 1 aliphatic rings. The number of nitrogens with one attached hydrogen (secondary N) is 2. The number of rotatable bonds is 10. The van der Waals surface area contributed by atoms with Crippen LogP contribution in [0.5, 0.6) is 5.75 Å². The number of carbonyl (C=O) groups excluding carboxylic acids is 2. The summed E-state index contributed by atoms with van der Waals surface area (Å²) in [7, 11) is -1.77. The zero-order valence-corrected chi connectivity index (χ0v) is 19.5. The van der Waals surface area contributed by atoms with Gasteiger partial charge in [0.15, 0.2) is 0 Å². The second kappa shape index (κ2) is 11.7. The summed E-state index contributed by atoms with van der Waals surface area (Å²) >= 11 is 0. The van der Waals surface area contributed by atoms with Gasteiger partial charge in [-0.15, -0.1) is 0 Å². The average molecular weight is 475 g/mol. The maximum absolute atomic E-state index is 12.7. The Morgan fingerprint density at radius 1 is 0.939 bits per heavy atom. The molecule has 2 N–H and O–H groups in total. The Hall–Kier alpha value is -3.11. The maximum Gasteiger partial charge on any atom is 0.251 e. The van der Waals surface area contributed by atoms with E-state index in [-0.39, 0.29) is 30.7 Å². The molecule has 0 radical (unpaired) electrons. The van der Waals surface area contributed by atoms with E-state index in [0.717, 1.165) is 11.4 Å². The first-order valence-electron chi connectivity index (χ1n) is 10.9. The van der Waals surface area contributed by atoms with E-state index in [9.17, 15) is 18.0 Å². The summed E-state index contributed by atoms with van der Waals surface area (Å²) in [4.78, 5) is 26.0. The predicted molar refractivity (Wildman–Crippen MR) is 127 cm³/mol.